The van der Waals surface area contributed by atoms with Crippen molar-refractivity contribution in [2.24, 2.45) is 0 Å². The molecule has 1 saturated heterocycles. The highest BCUT2D eigenvalue weighted by molar-refractivity contribution is 7.08. The number of thiophene rings is 1. The van der Waals surface area contributed by atoms with E-state index < -0.39 is 0 Å². The molecule has 2 heterocycles. The minimum absolute atomic E-state index is 0.0544. The van der Waals surface area contributed by atoms with Gasteiger partial charge in [0.15, 0.2) is 0 Å². The van der Waals surface area contributed by atoms with E-state index in [-0.39, 0.29) is 11.7 Å². The Bertz CT molecular complexity index is 349. The van der Waals surface area contributed by atoms with E-state index in [1.165, 1.54) is 11.3 Å². The summed E-state index contributed by atoms with van der Waals surface area (Å²) in [6, 6.07) is 1.82. The Balaban J connectivity index is 0.000000606. The Kier molecular flexibility index (Phi) is 4.92. The molecule has 0 saturated carbocycles. The lowest BCUT2D eigenvalue weighted by atomic mass is 10.1. The zero-order valence-electron chi connectivity index (χ0n) is 9.15. The fourth-order valence-corrected chi connectivity index (χ4v) is 2.16. The molecular formula is C12H15NO2S. The summed E-state index contributed by atoms with van der Waals surface area (Å²) in [6.07, 6.45) is 1.02. The third-order valence-corrected chi connectivity index (χ3v) is 3.06. The summed E-state index contributed by atoms with van der Waals surface area (Å²) < 4.78 is 0. The van der Waals surface area contributed by atoms with Crippen molar-refractivity contribution in [2.75, 3.05) is 13.1 Å². The lowest BCUT2D eigenvalue weighted by Gasteiger charge is -2.25. The van der Waals surface area contributed by atoms with Gasteiger partial charge in [-0.2, -0.15) is 11.3 Å². The molecule has 1 aromatic rings. The van der Waals surface area contributed by atoms with E-state index >= 15 is 0 Å². The number of Topliss-reactive ketones (excluding diaryl/α,β-unsaturated/α-hetero) is 1. The SMILES string of the molecule is C=C.O=C1CCN(C(=O)c2ccsc2)CC1. The Labute approximate surface area is 99.4 Å². The molecule has 16 heavy (non-hydrogen) atoms. The van der Waals surface area contributed by atoms with Crippen LogP contribution in [0.25, 0.3) is 0 Å². The third-order valence-electron chi connectivity index (χ3n) is 2.38. The van der Waals surface area contributed by atoms with E-state index in [0.29, 0.717) is 25.9 Å². The molecule has 1 fully saturated rings. The van der Waals surface area contributed by atoms with E-state index in [1.54, 1.807) is 4.90 Å². The van der Waals surface area contributed by atoms with Crippen molar-refractivity contribution >= 4 is 23.0 Å². The number of piperidine rings is 1. The first kappa shape index (κ1) is 12.6. The normalized spacial score (nSPS) is 15.2. The summed E-state index contributed by atoms with van der Waals surface area (Å²) in [5.74, 6) is 0.318. The van der Waals surface area contributed by atoms with E-state index in [2.05, 4.69) is 13.2 Å². The molecule has 3 nitrogen and oxygen atoms in total. The number of hydrogen-bond acceptors (Lipinski definition) is 3. The van der Waals surface area contributed by atoms with E-state index in [1.807, 2.05) is 16.8 Å². The highest BCUT2D eigenvalue weighted by Gasteiger charge is 2.21. The van der Waals surface area contributed by atoms with Gasteiger partial charge in [-0.05, 0) is 11.4 Å². The smallest absolute Gasteiger partial charge is 0.254 e. The minimum atomic E-state index is 0.0544. The fourth-order valence-electron chi connectivity index (χ4n) is 1.53. The summed E-state index contributed by atoms with van der Waals surface area (Å²) >= 11 is 1.52. The second-order valence-corrected chi connectivity index (χ2v) is 4.12. The molecule has 1 amide bonds. The van der Waals surface area contributed by atoms with E-state index in [9.17, 15) is 9.59 Å². The Hall–Kier alpha value is -1.42. The number of ketones is 1. The molecule has 0 atom stereocenters. The van der Waals surface area contributed by atoms with Crippen LogP contribution in [-0.2, 0) is 4.79 Å². The van der Waals surface area contributed by atoms with Gasteiger partial charge in [-0.3, -0.25) is 9.59 Å². The van der Waals surface area contributed by atoms with Gasteiger partial charge in [0.2, 0.25) is 0 Å². The predicted octanol–water partition coefficient (Wildman–Crippen LogP) is 2.36. The highest BCUT2D eigenvalue weighted by atomic mass is 32.1. The van der Waals surface area contributed by atoms with Crippen LogP contribution in [0.2, 0.25) is 0 Å². The van der Waals surface area contributed by atoms with Gasteiger partial charge >= 0.3 is 0 Å². The molecular weight excluding hydrogens is 222 g/mol. The van der Waals surface area contributed by atoms with Gasteiger partial charge in [-0.1, -0.05) is 0 Å². The molecule has 0 aliphatic carbocycles. The maximum absolute atomic E-state index is 11.8. The molecule has 0 bridgehead atoms. The van der Waals surface area contributed by atoms with Crippen LogP contribution in [0.1, 0.15) is 23.2 Å². The molecule has 0 unspecified atom stereocenters. The van der Waals surface area contributed by atoms with Crippen LogP contribution < -0.4 is 0 Å². The Morgan fingerprint density at radius 2 is 1.94 bits per heavy atom. The van der Waals surface area contributed by atoms with Crippen molar-refractivity contribution in [3.63, 3.8) is 0 Å². The van der Waals surface area contributed by atoms with E-state index in [4.69, 9.17) is 0 Å². The van der Waals surface area contributed by atoms with Crippen molar-refractivity contribution in [1.29, 1.82) is 0 Å². The van der Waals surface area contributed by atoms with Crippen LogP contribution in [0, 0.1) is 0 Å². The summed E-state index contributed by atoms with van der Waals surface area (Å²) in [7, 11) is 0. The first-order chi connectivity index (χ1) is 7.77. The number of nitrogens with zero attached hydrogens (tertiary/aromatic N) is 1. The molecule has 86 valence electrons. The van der Waals surface area contributed by atoms with Gasteiger partial charge in [0.25, 0.3) is 5.91 Å². The standard InChI is InChI=1S/C10H11NO2S.C2H4/c12-9-1-4-11(5-2-9)10(13)8-3-6-14-7-8;1-2/h3,6-7H,1-2,4-5H2;1-2H2. The fraction of sp³-hybridized carbons (Fsp3) is 0.333. The molecule has 1 aromatic heterocycles. The molecule has 0 spiro atoms. The summed E-state index contributed by atoms with van der Waals surface area (Å²) in [5.41, 5.74) is 0.740. The molecule has 0 radical (unpaired) electrons. The van der Waals surface area contributed by atoms with Crippen LogP contribution in [-0.4, -0.2) is 29.7 Å². The largest absolute Gasteiger partial charge is 0.338 e. The lowest BCUT2D eigenvalue weighted by molar-refractivity contribution is -0.120. The average Bonchev–Trinajstić information content (AvgIpc) is 2.85. The molecule has 1 aliphatic rings. The van der Waals surface area contributed by atoms with Crippen LogP contribution in [0.5, 0.6) is 0 Å². The van der Waals surface area contributed by atoms with Crippen molar-refractivity contribution in [3.05, 3.63) is 35.5 Å². The van der Waals surface area contributed by atoms with Gasteiger partial charge in [-0.15, -0.1) is 13.2 Å². The Morgan fingerprint density at radius 3 is 2.44 bits per heavy atom. The number of likely N-dealkylation sites (tertiary alicyclic amines) is 1. The van der Waals surface area contributed by atoms with Gasteiger partial charge in [-0.25, -0.2) is 0 Å². The molecule has 1 aliphatic heterocycles. The topological polar surface area (TPSA) is 37.4 Å². The van der Waals surface area contributed by atoms with Crippen LogP contribution in [0.3, 0.4) is 0 Å². The lowest BCUT2D eigenvalue weighted by Crippen LogP contribution is -2.38. The van der Waals surface area contributed by atoms with Crippen molar-refractivity contribution < 1.29 is 9.59 Å². The number of amides is 1. The van der Waals surface area contributed by atoms with Crippen molar-refractivity contribution in [2.45, 2.75) is 12.8 Å². The highest BCUT2D eigenvalue weighted by Crippen LogP contribution is 2.13. The molecule has 4 heteroatoms. The van der Waals surface area contributed by atoms with Crippen molar-refractivity contribution in [3.8, 4) is 0 Å². The zero-order chi connectivity index (χ0) is 12.0. The first-order valence-electron chi connectivity index (χ1n) is 5.10. The summed E-state index contributed by atoms with van der Waals surface area (Å²) in [4.78, 5) is 24.5. The Morgan fingerprint density at radius 1 is 1.31 bits per heavy atom. The van der Waals surface area contributed by atoms with Gasteiger partial charge in [0.05, 0.1) is 5.56 Å². The van der Waals surface area contributed by atoms with Gasteiger partial charge < -0.3 is 4.90 Å². The maximum Gasteiger partial charge on any atom is 0.254 e. The first-order valence-corrected chi connectivity index (χ1v) is 6.05. The summed E-state index contributed by atoms with van der Waals surface area (Å²) in [6.45, 7) is 7.15. The zero-order valence-corrected chi connectivity index (χ0v) is 9.96. The monoisotopic (exact) mass is 237 g/mol. The predicted molar refractivity (Wildman–Crippen MR) is 65.7 cm³/mol. The van der Waals surface area contributed by atoms with Gasteiger partial charge in [0, 0.05) is 31.3 Å². The van der Waals surface area contributed by atoms with Gasteiger partial charge in [0.1, 0.15) is 5.78 Å². The number of carbonyl (C=O) groups excluding carboxylic acids is 2. The second-order valence-electron chi connectivity index (χ2n) is 3.34. The second kappa shape index (κ2) is 6.23. The van der Waals surface area contributed by atoms with Crippen LogP contribution in [0.15, 0.2) is 30.0 Å². The summed E-state index contributed by atoms with van der Waals surface area (Å²) in [5, 5.41) is 3.74. The molecule has 0 aromatic carbocycles. The van der Waals surface area contributed by atoms with E-state index in [0.717, 1.165) is 5.56 Å². The number of hydrogen-bond donors (Lipinski definition) is 0. The molecule has 0 N–H and O–H groups in total. The van der Waals surface area contributed by atoms with Crippen LogP contribution in [0.4, 0.5) is 0 Å². The number of carbonyl (C=O) groups is 2. The van der Waals surface area contributed by atoms with Crippen LogP contribution >= 0.6 is 11.3 Å². The molecule has 2 rings (SSSR count). The number of rotatable bonds is 1. The maximum atomic E-state index is 11.8. The average molecular weight is 237 g/mol. The van der Waals surface area contributed by atoms with Crippen molar-refractivity contribution in [1.82, 2.24) is 4.90 Å². The third kappa shape index (κ3) is 3.03. The quantitative estimate of drug-likeness (QED) is 0.703. The minimum Gasteiger partial charge on any atom is -0.338 e.